The van der Waals surface area contributed by atoms with Crippen molar-refractivity contribution in [2.45, 2.75) is 157 Å². The minimum Gasteiger partial charge on any atom is -0.507 e. The molecule has 0 fully saturated rings. The van der Waals surface area contributed by atoms with E-state index >= 15 is 0 Å². The maximum Gasteiger partial charge on any atom is 0.128 e. The van der Waals surface area contributed by atoms with Crippen LogP contribution in [0.3, 0.4) is 0 Å². The van der Waals surface area contributed by atoms with E-state index in [4.69, 9.17) is 20.0 Å². The summed E-state index contributed by atoms with van der Waals surface area (Å²) in [5, 5.41) is 24.6. The van der Waals surface area contributed by atoms with E-state index in [0.717, 1.165) is 103 Å². The van der Waals surface area contributed by atoms with E-state index in [1.807, 2.05) is 54.7 Å². The second-order valence-electron chi connectivity index (χ2n) is 31.6. The normalized spacial score (nSPS) is 12.6. The minimum absolute atomic E-state index is 0. The smallest absolute Gasteiger partial charge is 0.128 e. The number of thiazole rings is 2. The van der Waals surface area contributed by atoms with Crippen molar-refractivity contribution in [1.82, 2.24) is 9.97 Å². The van der Waals surface area contributed by atoms with Crippen molar-refractivity contribution in [2.75, 3.05) is 0 Å². The van der Waals surface area contributed by atoms with Gasteiger partial charge in [0.1, 0.15) is 21.5 Å². The van der Waals surface area contributed by atoms with Gasteiger partial charge in [0, 0.05) is 82.7 Å². The van der Waals surface area contributed by atoms with Crippen LogP contribution in [0.15, 0.2) is 210 Å². The largest absolute Gasteiger partial charge is 0.507 e. The summed E-state index contributed by atoms with van der Waals surface area (Å²) < 4.78 is 2.29. The fourth-order valence-electron chi connectivity index (χ4n) is 11.8. The number of nitrogens with zero attached hydrogens (tertiary/aromatic N) is 4. The van der Waals surface area contributed by atoms with Crippen molar-refractivity contribution in [3.63, 3.8) is 0 Å². The molecule has 0 radical (unpaired) electrons. The Kier molecular flexibility index (Phi) is 20.5. The molecule has 6 nitrogen and oxygen atoms in total. The number of fused-ring (bicyclic) bond motifs is 2. The van der Waals surface area contributed by atoms with E-state index in [1.165, 1.54) is 38.9 Å². The van der Waals surface area contributed by atoms with Crippen LogP contribution in [-0.2, 0) is 53.6 Å². The Morgan fingerprint density at radius 1 is 0.351 bits per heavy atom. The molecule has 10 aromatic carbocycles. The van der Waals surface area contributed by atoms with Crippen LogP contribution >= 0.6 is 22.7 Å². The molecule has 0 unspecified atom stereocenters. The number of phenols is 2. The van der Waals surface area contributed by atoms with Crippen molar-refractivity contribution in [3.8, 4) is 77.1 Å². The minimum atomic E-state index is -0.214. The second-order valence-corrected chi connectivity index (χ2v) is 33.6. The van der Waals surface area contributed by atoms with Crippen LogP contribution in [0.4, 0.5) is 11.4 Å². The first-order valence-electron chi connectivity index (χ1n) is 33.4. The molecule has 0 amide bonds. The molecule has 0 bridgehead atoms. The van der Waals surface area contributed by atoms with Gasteiger partial charge in [-0.25, -0.2) is 9.97 Å². The van der Waals surface area contributed by atoms with Crippen LogP contribution in [0.1, 0.15) is 169 Å². The predicted octanol–water partition coefficient (Wildman–Crippen LogP) is 25.1. The summed E-state index contributed by atoms with van der Waals surface area (Å²) in [6.45, 7) is 39.5. The van der Waals surface area contributed by atoms with E-state index in [1.54, 1.807) is 28.9 Å². The molecule has 12 aromatic rings. The van der Waals surface area contributed by atoms with Gasteiger partial charge in [-0.15, -0.1) is 58.1 Å². The van der Waals surface area contributed by atoms with Gasteiger partial charge in [-0.2, -0.15) is 0 Å². The summed E-state index contributed by atoms with van der Waals surface area (Å²) in [5.41, 5.74) is 22.2. The maximum atomic E-state index is 11.4. The average Bonchev–Trinajstić information content (AvgIpc) is 1.54. The van der Waals surface area contributed by atoms with E-state index in [0.29, 0.717) is 0 Å². The molecule has 0 atom stereocenters. The predicted molar refractivity (Wildman–Crippen MR) is 414 cm³/mol. The Morgan fingerprint density at radius 3 is 1.15 bits per heavy atom. The second kappa shape index (κ2) is 27.9. The summed E-state index contributed by atoms with van der Waals surface area (Å²) in [7, 11) is 0. The topological polar surface area (TPSA) is 91.0 Å². The third-order valence-corrected chi connectivity index (χ3v) is 19.9. The fraction of sp³-hybridized carbons (Fsp3) is 0.273. The summed E-state index contributed by atoms with van der Waals surface area (Å²) in [4.78, 5) is 20.6. The zero-order valence-corrected chi connectivity index (χ0v) is 63.4. The quantitative estimate of drug-likeness (QED) is 0.105. The molecule has 2 heterocycles. The van der Waals surface area contributed by atoms with Gasteiger partial charge < -0.3 is 10.2 Å². The first-order valence-corrected chi connectivity index (χ1v) is 35.0. The van der Waals surface area contributed by atoms with Crippen LogP contribution in [0.5, 0.6) is 11.5 Å². The van der Waals surface area contributed by atoms with Gasteiger partial charge in [-0.1, -0.05) is 252 Å². The molecular weight excluding hydrogens is 1400 g/mol. The van der Waals surface area contributed by atoms with Crippen LogP contribution in [0, 0.1) is 6.07 Å². The zero-order valence-electron chi connectivity index (χ0n) is 59.5. The number of hydrogen-bond acceptors (Lipinski definition) is 8. The van der Waals surface area contributed by atoms with Crippen molar-refractivity contribution in [1.29, 1.82) is 0 Å². The molecule has 9 heteroatoms. The number of benzene rings is 10. The number of hydrogen-bond donors (Lipinski definition) is 2. The van der Waals surface area contributed by atoms with Crippen molar-refractivity contribution >= 4 is 66.9 Å². The van der Waals surface area contributed by atoms with Gasteiger partial charge in [-0.05, 0) is 138 Å². The van der Waals surface area contributed by atoms with Crippen LogP contribution in [0.25, 0.3) is 86.1 Å². The molecule has 498 valence electrons. The van der Waals surface area contributed by atoms with E-state index in [9.17, 15) is 10.2 Å². The fourth-order valence-corrected chi connectivity index (χ4v) is 14.0. The van der Waals surface area contributed by atoms with Crippen LogP contribution in [-0.4, -0.2) is 32.6 Å². The monoisotopic (exact) mass is 1490 g/mol. The molecule has 0 aliphatic heterocycles. The van der Waals surface area contributed by atoms with E-state index in [2.05, 4.69) is 282 Å². The summed E-state index contributed by atoms with van der Waals surface area (Å²) in [5.74, 6) is 0.568. The number of aromatic nitrogens is 2. The van der Waals surface area contributed by atoms with Gasteiger partial charge in [0.05, 0.1) is 21.6 Å². The molecule has 12 rings (SSSR count). The molecule has 2 aromatic heterocycles. The number of phenolic OH excluding ortho intramolecular Hbond substituents is 2. The first kappa shape index (κ1) is 71.4. The number of para-hydroxylation sites is 2. The summed E-state index contributed by atoms with van der Waals surface area (Å²) >= 11 is 3.40. The number of aromatic hydroxyl groups is 2. The Labute approximate surface area is 598 Å². The summed E-state index contributed by atoms with van der Waals surface area (Å²) in [6, 6.07) is 73.6. The van der Waals surface area contributed by atoms with Gasteiger partial charge in [0.25, 0.3) is 0 Å². The molecule has 0 saturated heterocycles. The van der Waals surface area contributed by atoms with Gasteiger partial charge in [0.2, 0.25) is 0 Å². The van der Waals surface area contributed by atoms with Crippen molar-refractivity contribution in [2.24, 2.45) is 9.98 Å². The Morgan fingerprint density at radius 2 is 0.722 bits per heavy atom. The standard InChI is InChI=1S/C44H46N2OS.C44H45N2OS.Pt/c2*1-42(2,3)32-23-31(40(47)36(25-32)44(7,8)9)27-45-37-21-14-13-20-34(37)41-46-39-35(24-33(43(4,5)6)26-38(39)48-41)30-19-15-18-29(22-30)28-16-11-10-12-17-28;/h10-27,47H,1-9H3;10-18,20-27,47H,1-9H3;/q;-1;. The number of aliphatic imine (C=N–C) groups is 2. The third kappa shape index (κ3) is 16.1. The molecule has 0 aliphatic carbocycles. The first-order chi connectivity index (χ1) is 45.2. The SMILES string of the molecule is CC(C)(C)c1cc(C=Nc2ccccc2-c2nc3c(-c4[c-]ccc(-c5ccccc5)c4)cc(C(C)(C)C)cc3s2)c(O)c(C(C)(C)C)c1.CC(C)(C)c1cc(C=Nc2ccccc2-c2nc3c(-c4cccc(-c5ccccc5)c4)cc(C(C)(C)C)cc3s2)c(O)c(C(C)(C)C)c1.[Pt]. The molecule has 97 heavy (non-hydrogen) atoms. The summed E-state index contributed by atoms with van der Waals surface area (Å²) in [6.07, 6.45) is 3.61. The molecule has 0 aliphatic rings. The van der Waals surface area contributed by atoms with E-state index in [-0.39, 0.29) is 65.1 Å². The Bertz CT molecular complexity index is 4590. The molecule has 0 spiro atoms. The van der Waals surface area contributed by atoms with Crippen molar-refractivity contribution < 1.29 is 31.3 Å². The third-order valence-electron chi connectivity index (χ3n) is 17.8. The van der Waals surface area contributed by atoms with E-state index < -0.39 is 0 Å². The van der Waals surface area contributed by atoms with Gasteiger partial charge in [0.15, 0.2) is 0 Å². The van der Waals surface area contributed by atoms with Crippen LogP contribution < -0.4 is 0 Å². The zero-order chi connectivity index (χ0) is 68.9. The van der Waals surface area contributed by atoms with Gasteiger partial charge >= 0.3 is 0 Å². The van der Waals surface area contributed by atoms with Gasteiger partial charge in [-0.3, -0.25) is 9.98 Å². The molecular formula is C88H91N4O2PtS2-. The van der Waals surface area contributed by atoms with Crippen LogP contribution in [0.2, 0.25) is 0 Å². The Hall–Kier alpha value is -8.39. The average molecular weight is 1500 g/mol. The molecule has 0 saturated carbocycles. The van der Waals surface area contributed by atoms with Crippen molar-refractivity contribution in [3.05, 3.63) is 251 Å². The Balaban J connectivity index is 0.000000208. The number of rotatable bonds is 10. The molecule has 2 N–H and O–H groups in total. The maximum absolute atomic E-state index is 11.4.